The lowest BCUT2D eigenvalue weighted by molar-refractivity contribution is -0.221. The van der Waals surface area contributed by atoms with Gasteiger partial charge >= 0.3 is 5.97 Å². The van der Waals surface area contributed by atoms with Gasteiger partial charge in [0.1, 0.15) is 0 Å². The Kier molecular flexibility index (Phi) is 4.50. The molecule has 2 rings (SSSR count). The van der Waals surface area contributed by atoms with Gasteiger partial charge in [0.2, 0.25) is 5.79 Å². The fourth-order valence-corrected chi connectivity index (χ4v) is 2.19. The van der Waals surface area contributed by atoms with Crippen LogP contribution in [0, 0.1) is 0 Å². The highest BCUT2D eigenvalue weighted by Crippen LogP contribution is 2.30. The fraction of sp³-hybridized carbons (Fsp3) is 0.400. The largest absolute Gasteiger partial charge is 0.504 e. The summed E-state index contributed by atoms with van der Waals surface area (Å²) in [5.41, 5.74) is 0.508. The summed E-state index contributed by atoms with van der Waals surface area (Å²) in [4.78, 5) is 11.7. The maximum atomic E-state index is 11.7. The predicted octanol–water partition coefficient (Wildman–Crippen LogP) is 1.28. The fourth-order valence-electron chi connectivity index (χ4n) is 2.19. The van der Waals surface area contributed by atoms with Crippen molar-refractivity contribution in [2.75, 3.05) is 0 Å². The second kappa shape index (κ2) is 6.15. The number of ether oxygens (including phenoxy) is 1. The van der Waals surface area contributed by atoms with Gasteiger partial charge in [0.25, 0.3) is 0 Å². The van der Waals surface area contributed by atoms with Gasteiger partial charge in [-0.05, 0) is 36.6 Å². The molecule has 4 N–H and O–H groups in total. The molecule has 0 atom stereocenters. The van der Waals surface area contributed by atoms with Crippen molar-refractivity contribution in [1.29, 1.82) is 0 Å². The molecule has 0 bridgehead atoms. The van der Waals surface area contributed by atoms with E-state index in [1.54, 1.807) is 0 Å². The van der Waals surface area contributed by atoms with E-state index < -0.39 is 17.9 Å². The molecule has 6 nitrogen and oxygen atoms in total. The lowest BCUT2D eigenvalue weighted by atomic mass is 9.92. The van der Waals surface area contributed by atoms with E-state index >= 15 is 0 Å². The van der Waals surface area contributed by atoms with Crippen LogP contribution in [0.4, 0.5) is 0 Å². The van der Waals surface area contributed by atoms with Crippen molar-refractivity contribution in [3.05, 3.63) is 29.8 Å². The summed E-state index contributed by atoms with van der Waals surface area (Å²) in [5.74, 6) is -2.77. The molecule has 1 aliphatic carbocycles. The summed E-state index contributed by atoms with van der Waals surface area (Å²) in [6.07, 6.45) is 3.26. The number of benzene rings is 1. The first kappa shape index (κ1) is 15.3. The molecular formula is C15H18O6. The van der Waals surface area contributed by atoms with Crippen LogP contribution in [0.1, 0.15) is 31.2 Å². The molecule has 6 heteroatoms. The van der Waals surface area contributed by atoms with Crippen molar-refractivity contribution < 1.29 is 30.0 Å². The van der Waals surface area contributed by atoms with Crippen molar-refractivity contribution in [2.45, 2.75) is 37.6 Å². The van der Waals surface area contributed by atoms with E-state index in [0.717, 1.165) is 6.08 Å². The molecule has 0 amide bonds. The maximum absolute atomic E-state index is 11.7. The molecular weight excluding hydrogens is 276 g/mol. The zero-order valence-electron chi connectivity index (χ0n) is 11.4. The third kappa shape index (κ3) is 4.21. The molecule has 0 spiro atoms. The molecule has 0 aliphatic heterocycles. The van der Waals surface area contributed by atoms with Crippen molar-refractivity contribution in [3.63, 3.8) is 0 Å². The zero-order chi connectivity index (χ0) is 15.5. The van der Waals surface area contributed by atoms with Gasteiger partial charge in [-0.3, -0.25) is 0 Å². The van der Waals surface area contributed by atoms with Gasteiger partial charge in [0.15, 0.2) is 11.5 Å². The molecule has 0 radical (unpaired) electrons. The SMILES string of the molecule is O=C(C=Cc1ccc(O)c(O)c1)O[C@]1(O)CC[C@H](O)CC1. The maximum Gasteiger partial charge on any atom is 0.333 e. The van der Waals surface area contributed by atoms with Crippen molar-refractivity contribution in [3.8, 4) is 11.5 Å². The van der Waals surface area contributed by atoms with Crippen molar-refractivity contribution >= 4 is 12.0 Å². The first-order valence-corrected chi connectivity index (χ1v) is 6.71. The molecule has 1 aromatic rings. The topological polar surface area (TPSA) is 107 Å². The lowest BCUT2D eigenvalue weighted by Gasteiger charge is -2.33. The highest BCUT2D eigenvalue weighted by atomic mass is 16.7. The Morgan fingerprint density at radius 3 is 2.52 bits per heavy atom. The van der Waals surface area contributed by atoms with E-state index in [4.69, 9.17) is 4.74 Å². The summed E-state index contributed by atoms with van der Waals surface area (Å²) in [6, 6.07) is 4.12. The van der Waals surface area contributed by atoms with E-state index in [2.05, 4.69) is 0 Å². The Morgan fingerprint density at radius 1 is 1.24 bits per heavy atom. The summed E-state index contributed by atoms with van der Waals surface area (Å²) < 4.78 is 5.01. The van der Waals surface area contributed by atoms with Gasteiger partial charge in [-0.25, -0.2) is 4.79 Å². The molecule has 0 heterocycles. The number of esters is 1. The molecule has 1 saturated carbocycles. The minimum atomic E-state index is -1.53. The van der Waals surface area contributed by atoms with Gasteiger partial charge in [0.05, 0.1) is 6.10 Å². The van der Waals surface area contributed by atoms with Crippen LogP contribution in [0.25, 0.3) is 6.08 Å². The summed E-state index contributed by atoms with van der Waals surface area (Å²) in [6.45, 7) is 0. The van der Waals surface area contributed by atoms with Crippen molar-refractivity contribution in [1.82, 2.24) is 0 Å². The van der Waals surface area contributed by atoms with Gasteiger partial charge in [-0.1, -0.05) is 6.07 Å². The van der Waals surface area contributed by atoms with Crippen LogP contribution in [0.5, 0.6) is 11.5 Å². The molecule has 0 saturated heterocycles. The summed E-state index contributed by atoms with van der Waals surface area (Å²) in [5, 5.41) is 37.9. The average molecular weight is 294 g/mol. The number of aliphatic hydroxyl groups excluding tert-OH is 1. The Morgan fingerprint density at radius 2 is 1.90 bits per heavy atom. The van der Waals surface area contributed by atoms with E-state index in [0.29, 0.717) is 18.4 Å². The molecule has 0 unspecified atom stereocenters. The zero-order valence-corrected chi connectivity index (χ0v) is 11.4. The van der Waals surface area contributed by atoms with Crippen LogP contribution in [-0.2, 0) is 9.53 Å². The van der Waals surface area contributed by atoms with Crippen LogP contribution < -0.4 is 0 Å². The smallest absolute Gasteiger partial charge is 0.333 e. The van der Waals surface area contributed by atoms with Crippen LogP contribution in [-0.4, -0.2) is 38.3 Å². The third-order valence-corrected chi connectivity index (χ3v) is 3.44. The summed E-state index contributed by atoms with van der Waals surface area (Å²) in [7, 11) is 0. The number of carbonyl (C=O) groups excluding carboxylic acids is 1. The van der Waals surface area contributed by atoms with Crippen LogP contribution >= 0.6 is 0 Å². The average Bonchev–Trinajstić information content (AvgIpc) is 2.44. The Bertz CT molecular complexity index is 543. The van der Waals surface area contributed by atoms with E-state index in [1.807, 2.05) is 0 Å². The standard InChI is InChI=1S/C15H18O6/c16-11-5-7-15(20,8-6-11)21-14(19)4-2-10-1-3-12(17)13(18)9-10/h1-4,9,11,16-18,20H,5-8H2/t11-,15+. The molecule has 114 valence electrons. The lowest BCUT2D eigenvalue weighted by Crippen LogP contribution is -2.39. The predicted molar refractivity (Wildman–Crippen MR) is 74.3 cm³/mol. The number of carbonyl (C=O) groups is 1. The number of phenols is 2. The Hall–Kier alpha value is -2.05. The number of rotatable bonds is 3. The molecule has 21 heavy (non-hydrogen) atoms. The van der Waals surface area contributed by atoms with Gasteiger partial charge in [0, 0.05) is 18.9 Å². The quantitative estimate of drug-likeness (QED) is 0.289. The first-order valence-electron chi connectivity index (χ1n) is 6.71. The van der Waals surface area contributed by atoms with Gasteiger partial charge < -0.3 is 25.2 Å². The van der Waals surface area contributed by atoms with Crippen molar-refractivity contribution in [2.24, 2.45) is 0 Å². The van der Waals surface area contributed by atoms with Crippen LogP contribution in [0.15, 0.2) is 24.3 Å². The number of hydrogen-bond acceptors (Lipinski definition) is 6. The van der Waals surface area contributed by atoms with Crippen LogP contribution in [0.2, 0.25) is 0 Å². The van der Waals surface area contributed by atoms with Gasteiger partial charge in [-0.2, -0.15) is 0 Å². The number of aliphatic hydroxyl groups is 2. The van der Waals surface area contributed by atoms with E-state index in [9.17, 15) is 25.2 Å². The third-order valence-electron chi connectivity index (χ3n) is 3.44. The van der Waals surface area contributed by atoms with Crippen LogP contribution in [0.3, 0.4) is 0 Å². The monoisotopic (exact) mass is 294 g/mol. The molecule has 1 fully saturated rings. The first-order chi connectivity index (χ1) is 9.88. The second-order valence-corrected chi connectivity index (χ2v) is 5.18. The number of phenolic OH excluding ortho intramolecular Hbond substituents is 2. The number of aromatic hydroxyl groups is 2. The summed E-state index contributed by atoms with van der Waals surface area (Å²) >= 11 is 0. The number of hydrogen-bond donors (Lipinski definition) is 4. The van der Waals surface area contributed by atoms with E-state index in [-0.39, 0.29) is 24.3 Å². The van der Waals surface area contributed by atoms with E-state index in [1.165, 1.54) is 24.3 Å². The highest BCUT2D eigenvalue weighted by Gasteiger charge is 2.35. The molecule has 1 aliphatic rings. The highest BCUT2D eigenvalue weighted by molar-refractivity contribution is 5.87. The molecule has 0 aromatic heterocycles. The molecule has 1 aromatic carbocycles. The normalized spacial score (nSPS) is 25.9. The minimum absolute atomic E-state index is 0.202. The Labute approximate surface area is 121 Å². The Balaban J connectivity index is 1.94. The van der Waals surface area contributed by atoms with Gasteiger partial charge in [-0.15, -0.1) is 0 Å². The minimum Gasteiger partial charge on any atom is -0.504 e. The second-order valence-electron chi connectivity index (χ2n) is 5.18.